The van der Waals surface area contributed by atoms with E-state index in [0.29, 0.717) is 12.3 Å². The van der Waals surface area contributed by atoms with Crippen LogP contribution in [0.2, 0.25) is 0 Å². The van der Waals surface area contributed by atoms with E-state index in [9.17, 15) is 4.79 Å². The van der Waals surface area contributed by atoms with Gasteiger partial charge in [0.1, 0.15) is 23.6 Å². The average molecular weight is 356 g/mol. The van der Waals surface area contributed by atoms with Gasteiger partial charge in [-0.15, -0.1) is 11.3 Å². The first kappa shape index (κ1) is 16.5. The summed E-state index contributed by atoms with van der Waals surface area (Å²) in [5, 5.41) is 15.7. The van der Waals surface area contributed by atoms with E-state index >= 15 is 0 Å². The van der Waals surface area contributed by atoms with E-state index < -0.39 is 6.03 Å². The molecule has 0 fully saturated rings. The number of rotatable bonds is 6. The Balaban J connectivity index is 1.86. The van der Waals surface area contributed by atoms with E-state index in [1.807, 2.05) is 17.5 Å². The number of carbonyl (C=O) groups excluding carboxylic acids is 1. The van der Waals surface area contributed by atoms with Crippen LogP contribution >= 0.6 is 11.3 Å². The van der Waals surface area contributed by atoms with Crippen LogP contribution in [-0.2, 0) is 6.54 Å². The number of hydrogen-bond acceptors (Lipinski definition) is 7. The fourth-order valence-corrected chi connectivity index (χ4v) is 2.80. The first-order valence-corrected chi connectivity index (χ1v) is 8.16. The molecule has 0 saturated carbocycles. The van der Waals surface area contributed by atoms with Crippen molar-refractivity contribution in [1.82, 2.24) is 14.9 Å². The molecule has 0 aliphatic heterocycles. The summed E-state index contributed by atoms with van der Waals surface area (Å²) in [7, 11) is 0. The smallest absolute Gasteiger partial charge is 0.328 e. The molecule has 0 unspecified atom stereocenters. The Morgan fingerprint density at radius 2 is 2.28 bits per heavy atom. The van der Waals surface area contributed by atoms with Crippen molar-refractivity contribution in [3.05, 3.63) is 71.0 Å². The molecule has 0 aromatic carbocycles. The Hall–Kier alpha value is -3.33. The molecule has 0 spiro atoms. The molecule has 9 heteroatoms. The fraction of sp³-hybridized carbons (Fsp3) is 0.0625. The molecule has 128 valence electrons. The Kier molecular flexibility index (Phi) is 4.66. The minimum Gasteiger partial charge on any atom is -0.463 e. The summed E-state index contributed by atoms with van der Waals surface area (Å²) in [6.45, 7) is 3.97. The highest BCUT2D eigenvalue weighted by atomic mass is 32.1. The normalized spacial score (nSPS) is 10.4. The van der Waals surface area contributed by atoms with E-state index in [1.165, 1.54) is 17.2 Å². The van der Waals surface area contributed by atoms with Crippen molar-refractivity contribution in [1.29, 1.82) is 5.41 Å². The number of anilines is 1. The van der Waals surface area contributed by atoms with Crippen molar-refractivity contribution in [2.24, 2.45) is 5.73 Å². The molecule has 3 aromatic rings. The third kappa shape index (κ3) is 3.61. The largest absolute Gasteiger partial charge is 0.463 e. The van der Waals surface area contributed by atoms with Crippen molar-refractivity contribution in [2.45, 2.75) is 6.54 Å². The maximum absolute atomic E-state index is 12.5. The number of aromatic nitrogens is 2. The second kappa shape index (κ2) is 7.05. The average Bonchev–Trinajstić information content (AvgIpc) is 3.32. The van der Waals surface area contributed by atoms with Crippen molar-refractivity contribution in [3.63, 3.8) is 0 Å². The monoisotopic (exact) mass is 356 g/mol. The van der Waals surface area contributed by atoms with Gasteiger partial charge in [-0.1, -0.05) is 12.6 Å². The summed E-state index contributed by atoms with van der Waals surface area (Å²) in [6.07, 6.45) is 2.78. The van der Waals surface area contributed by atoms with Crippen LogP contribution < -0.4 is 16.4 Å². The number of nitrogens with two attached hydrogens (primary N) is 1. The number of carbonyl (C=O) groups is 1. The topological polar surface area (TPSA) is 122 Å². The zero-order valence-corrected chi connectivity index (χ0v) is 14.0. The first-order chi connectivity index (χ1) is 12.1. The summed E-state index contributed by atoms with van der Waals surface area (Å²) in [5.41, 5.74) is 5.88. The van der Waals surface area contributed by atoms with Crippen LogP contribution in [0, 0.1) is 5.41 Å². The molecule has 1 amide bonds. The molecular weight excluding hydrogens is 340 g/mol. The second-order valence-electron chi connectivity index (χ2n) is 5.05. The standard InChI is InChI=1S/C16H16N6O2S/c1-10(17)21-15-14(13(18)12-5-2-6-24-12)20-9-22(15)16(23)19-8-11-4-3-7-25-11/h2-7,9,18,21H,1,8,17H2,(H,19,23). The quantitative estimate of drug-likeness (QED) is 0.506. The molecule has 0 atom stereocenters. The predicted octanol–water partition coefficient (Wildman–Crippen LogP) is 2.55. The molecule has 5 N–H and O–H groups in total. The molecule has 3 aromatic heterocycles. The lowest BCUT2D eigenvalue weighted by atomic mass is 10.2. The highest BCUT2D eigenvalue weighted by molar-refractivity contribution is 7.09. The van der Waals surface area contributed by atoms with Crippen molar-refractivity contribution >= 4 is 28.9 Å². The molecule has 0 radical (unpaired) electrons. The Bertz CT molecular complexity index is 895. The number of amides is 1. The van der Waals surface area contributed by atoms with Gasteiger partial charge in [-0.2, -0.15) is 0 Å². The fourth-order valence-electron chi connectivity index (χ4n) is 2.16. The number of imidazole rings is 1. The zero-order chi connectivity index (χ0) is 17.8. The summed E-state index contributed by atoms with van der Waals surface area (Å²) < 4.78 is 6.47. The van der Waals surface area contributed by atoms with Crippen molar-refractivity contribution < 1.29 is 9.21 Å². The minimum atomic E-state index is -0.400. The molecule has 0 aliphatic carbocycles. The van der Waals surface area contributed by atoms with Crippen LogP contribution in [0.4, 0.5) is 10.6 Å². The first-order valence-electron chi connectivity index (χ1n) is 7.28. The Labute approximate surface area is 147 Å². The van der Waals surface area contributed by atoms with Gasteiger partial charge in [0.15, 0.2) is 5.76 Å². The summed E-state index contributed by atoms with van der Waals surface area (Å²) >= 11 is 1.55. The number of hydrogen-bond donors (Lipinski definition) is 4. The third-order valence-corrected chi connectivity index (χ3v) is 4.14. The van der Waals surface area contributed by atoms with Gasteiger partial charge in [-0.05, 0) is 23.6 Å². The van der Waals surface area contributed by atoms with Crippen LogP contribution in [-0.4, -0.2) is 21.3 Å². The SMILES string of the molecule is C=C(N)Nc1c(C(=N)c2ccco2)ncn1C(=O)NCc1cccs1. The lowest BCUT2D eigenvalue weighted by Crippen LogP contribution is -2.29. The summed E-state index contributed by atoms with van der Waals surface area (Å²) in [4.78, 5) is 17.7. The van der Waals surface area contributed by atoms with Crippen LogP contribution in [0.5, 0.6) is 0 Å². The number of nitrogens with zero attached hydrogens (tertiary/aromatic N) is 2. The van der Waals surface area contributed by atoms with E-state index in [4.69, 9.17) is 15.6 Å². The van der Waals surface area contributed by atoms with Gasteiger partial charge in [0, 0.05) is 4.88 Å². The molecule has 3 heterocycles. The van der Waals surface area contributed by atoms with Gasteiger partial charge >= 0.3 is 6.03 Å². The molecule has 0 aliphatic rings. The van der Waals surface area contributed by atoms with E-state index in [1.54, 1.807) is 23.5 Å². The second-order valence-corrected chi connectivity index (χ2v) is 6.08. The number of nitrogens with one attached hydrogen (secondary N) is 3. The number of furan rings is 1. The van der Waals surface area contributed by atoms with Gasteiger partial charge in [0.25, 0.3) is 0 Å². The molecule has 0 bridgehead atoms. The summed E-state index contributed by atoms with van der Waals surface area (Å²) in [6, 6.07) is 6.75. The third-order valence-electron chi connectivity index (χ3n) is 3.26. The lowest BCUT2D eigenvalue weighted by molar-refractivity contribution is 0.242. The van der Waals surface area contributed by atoms with Gasteiger partial charge in [0.05, 0.1) is 18.6 Å². The van der Waals surface area contributed by atoms with E-state index in [-0.39, 0.29) is 23.0 Å². The maximum atomic E-state index is 12.5. The van der Waals surface area contributed by atoms with Gasteiger partial charge < -0.3 is 20.8 Å². The van der Waals surface area contributed by atoms with Crippen LogP contribution in [0.15, 0.2) is 59.1 Å². The molecule has 3 rings (SSSR count). The minimum absolute atomic E-state index is 0.0264. The summed E-state index contributed by atoms with van der Waals surface area (Å²) in [5.74, 6) is 0.703. The van der Waals surface area contributed by atoms with Crippen molar-refractivity contribution in [3.8, 4) is 0 Å². The Morgan fingerprint density at radius 3 is 2.92 bits per heavy atom. The van der Waals surface area contributed by atoms with Gasteiger partial charge in [-0.25, -0.2) is 14.3 Å². The van der Waals surface area contributed by atoms with Crippen LogP contribution in [0.1, 0.15) is 16.3 Å². The highest BCUT2D eigenvalue weighted by Gasteiger charge is 2.21. The molecular formula is C16H16N6O2S. The predicted molar refractivity (Wildman–Crippen MR) is 95.8 cm³/mol. The lowest BCUT2D eigenvalue weighted by Gasteiger charge is -2.11. The number of thiophene rings is 1. The van der Waals surface area contributed by atoms with Crippen molar-refractivity contribution in [2.75, 3.05) is 5.32 Å². The molecule has 0 saturated heterocycles. The molecule has 8 nitrogen and oxygen atoms in total. The van der Waals surface area contributed by atoms with Crippen LogP contribution in [0.25, 0.3) is 0 Å². The zero-order valence-electron chi connectivity index (χ0n) is 13.2. The van der Waals surface area contributed by atoms with Gasteiger partial charge in [0.2, 0.25) is 0 Å². The van der Waals surface area contributed by atoms with Gasteiger partial charge in [-0.3, -0.25) is 5.41 Å². The van der Waals surface area contributed by atoms with E-state index in [2.05, 4.69) is 22.2 Å². The van der Waals surface area contributed by atoms with Crippen LogP contribution in [0.3, 0.4) is 0 Å². The highest BCUT2D eigenvalue weighted by Crippen LogP contribution is 2.20. The van der Waals surface area contributed by atoms with E-state index in [0.717, 1.165) is 4.88 Å². The maximum Gasteiger partial charge on any atom is 0.328 e. The molecule has 25 heavy (non-hydrogen) atoms. The Morgan fingerprint density at radius 1 is 1.44 bits per heavy atom.